The number of nitrogens with zero attached hydrogens (tertiary/aromatic N) is 4. The van der Waals surface area contributed by atoms with Crippen LogP contribution in [0.1, 0.15) is 18.5 Å². The van der Waals surface area contributed by atoms with Gasteiger partial charge >= 0.3 is 12.0 Å². The number of hydrogen-bond acceptors (Lipinski definition) is 6. The molecule has 0 atom stereocenters. The molecule has 2 heterocycles. The van der Waals surface area contributed by atoms with E-state index < -0.39 is 17.4 Å². The Balaban J connectivity index is 1.82. The number of carboxylic acids is 1. The van der Waals surface area contributed by atoms with Gasteiger partial charge < -0.3 is 19.5 Å². The summed E-state index contributed by atoms with van der Waals surface area (Å²) in [5.74, 6) is 0.283. The Kier molecular flexibility index (Phi) is 6.65. The molecule has 2 aromatic carbocycles. The normalized spacial score (nSPS) is 14.9. The molecule has 1 fully saturated rings. The number of carboxylic acid groups (broad SMARTS) is 1. The van der Waals surface area contributed by atoms with Crippen LogP contribution in [0.3, 0.4) is 0 Å². The van der Waals surface area contributed by atoms with Gasteiger partial charge in [0.05, 0.1) is 25.6 Å². The van der Waals surface area contributed by atoms with Crippen molar-refractivity contribution in [2.45, 2.75) is 18.3 Å². The van der Waals surface area contributed by atoms with E-state index in [1.54, 1.807) is 25.0 Å². The molecule has 1 saturated heterocycles. The Labute approximate surface area is 202 Å². The number of hydroxylamine groups is 2. The van der Waals surface area contributed by atoms with E-state index in [1.165, 1.54) is 11.9 Å². The maximum Gasteiger partial charge on any atom is 0.343 e. The van der Waals surface area contributed by atoms with Crippen LogP contribution in [0.4, 0.5) is 4.79 Å². The first-order valence-corrected chi connectivity index (χ1v) is 11.1. The smallest absolute Gasteiger partial charge is 0.343 e. The maximum absolute atomic E-state index is 12.6. The third kappa shape index (κ3) is 4.40. The Morgan fingerprint density at radius 3 is 2.26 bits per heavy atom. The number of piperidine rings is 1. The second kappa shape index (κ2) is 9.67. The number of carbonyl (C=O) groups is 2. The molecule has 0 spiro atoms. The minimum atomic E-state index is -1.29. The highest BCUT2D eigenvalue weighted by Crippen LogP contribution is 2.39. The molecule has 10 heteroatoms. The number of para-hydroxylation sites is 2. The van der Waals surface area contributed by atoms with Crippen molar-refractivity contribution in [1.29, 1.82) is 0 Å². The molecule has 2 N–H and O–H groups in total. The van der Waals surface area contributed by atoms with Gasteiger partial charge in [0.15, 0.2) is 0 Å². The quantitative estimate of drug-likeness (QED) is 0.410. The Morgan fingerprint density at radius 2 is 1.69 bits per heavy atom. The SMILES string of the molecule is COc1ccc(-c2cc(C3(C(=O)O)CCN(C(=O)N(C)O)CC3)nn2-c2ccccc2OC)cc1. The first-order valence-electron chi connectivity index (χ1n) is 11.1. The van der Waals surface area contributed by atoms with E-state index in [1.807, 2.05) is 48.5 Å². The summed E-state index contributed by atoms with van der Waals surface area (Å²) in [6.07, 6.45) is 0.319. The molecule has 0 aliphatic carbocycles. The lowest BCUT2D eigenvalue weighted by Crippen LogP contribution is -2.51. The van der Waals surface area contributed by atoms with Gasteiger partial charge in [0.1, 0.15) is 22.6 Å². The molecule has 0 radical (unpaired) electrons. The maximum atomic E-state index is 12.6. The molecule has 184 valence electrons. The highest BCUT2D eigenvalue weighted by atomic mass is 16.5. The Bertz CT molecular complexity index is 1210. The molecule has 0 unspecified atom stereocenters. The van der Waals surface area contributed by atoms with E-state index in [0.717, 1.165) is 5.56 Å². The third-order valence-electron chi connectivity index (χ3n) is 6.47. The molecule has 35 heavy (non-hydrogen) atoms. The monoisotopic (exact) mass is 480 g/mol. The van der Waals surface area contributed by atoms with Crippen LogP contribution >= 0.6 is 0 Å². The summed E-state index contributed by atoms with van der Waals surface area (Å²) in [5.41, 5.74) is 1.29. The molecule has 10 nitrogen and oxygen atoms in total. The van der Waals surface area contributed by atoms with Gasteiger partial charge in [0.25, 0.3) is 0 Å². The van der Waals surface area contributed by atoms with Gasteiger partial charge in [-0.2, -0.15) is 5.10 Å². The second-order valence-corrected chi connectivity index (χ2v) is 8.41. The number of aromatic nitrogens is 2. The lowest BCUT2D eigenvalue weighted by Gasteiger charge is -2.38. The summed E-state index contributed by atoms with van der Waals surface area (Å²) < 4.78 is 12.5. The number of ether oxygens (including phenoxy) is 2. The highest BCUT2D eigenvalue weighted by molar-refractivity contribution is 5.82. The third-order valence-corrected chi connectivity index (χ3v) is 6.47. The van der Waals surface area contributed by atoms with Gasteiger partial charge in [-0.15, -0.1) is 0 Å². The summed E-state index contributed by atoms with van der Waals surface area (Å²) in [6, 6.07) is 16.0. The van der Waals surface area contributed by atoms with Gasteiger partial charge in [-0.3, -0.25) is 10.0 Å². The summed E-state index contributed by atoms with van der Waals surface area (Å²) >= 11 is 0. The van der Waals surface area contributed by atoms with E-state index >= 15 is 0 Å². The van der Waals surface area contributed by atoms with E-state index in [9.17, 15) is 19.9 Å². The van der Waals surface area contributed by atoms with Gasteiger partial charge in [-0.25, -0.2) is 14.5 Å². The first-order chi connectivity index (χ1) is 16.8. The van der Waals surface area contributed by atoms with Crippen molar-refractivity contribution in [3.8, 4) is 28.4 Å². The summed E-state index contributed by atoms with van der Waals surface area (Å²) in [7, 11) is 4.41. The molecular weight excluding hydrogens is 452 g/mol. The number of methoxy groups -OCH3 is 2. The van der Waals surface area contributed by atoms with E-state index in [-0.39, 0.29) is 25.9 Å². The highest BCUT2D eigenvalue weighted by Gasteiger charge is 2.46. The fourth-order valence-corrected chi connectivity index (χ4v) is 4.43. The van der Waals surface area contributed by atoms with Crippen LogP contribution in [0.2, 0.25) is 0 Å². The molecular formula is C25H28N4O6. The van der Waals surface area contributed by atoms with E-state index in [0.29, 0.717) is 33.6 Å². The summed E-state index contributed by atoms with van der Waals surface area (Å²) in [5, 5.41) is 25.1. The number of amides is 2. The average molecular weight is 481 g/mol. The molecule has 0 bridgehead atoms. The van der Waals surface area contributed by atoms with Crippen LogP contribution in [0.5, 0.6) is 11.5 Å². The minimum absolute atomic E-state index is 0.160. The van der Waals surface area contributed by atoms with Crippen molar-refractivity contribution in [2.75, 3.05) is 34.4 Å². The molecule has 0 saturated carbocycles. The summed E-state index contributed by atoms with van der Waals surface area (Å²) in [6.45, 7) is 0.352. The van der Waals surface area contributed by atoms with Crippen LogP contribution in [-0.2, 0) is 10.2 Å². The van der Waals surface area contributed by atoms with Crippen molar-refractivity contribution < 1.29 is 29.4 Å². The van der Waals surface area contributed by atoms with E-state index in [4.69, 9.17) is 14.6 Å². The number of aliphatic carboxylic acids is 1. The number of hydrogen-bond donors (Lipinski definition) is 2. The fourth-order valence-electron chi connectivity index (χ4n) is 4.43. The van der Waals surface area contributed by atoms with Crippen molar-refractivity contribution in [3.05, 3.63) is 60.3 Å². The topological polar surface area (TPSA) is 117 Å². The van der Waals surface area contributed by atoms with Crippen LogP contribution in [0.25, 0.3) is 16.9 Å². The zero-order chi connectivity index (χ0) is 25.2. The minimum Gasteiger partial charge on any atom is -0.497 e. The van der Waals surface area contributed by atoms with Crippen LogP contribution in [0.15, 0.2) is 54.6 Å². The second-order valence-electron chi connectivity index (χ2n) is 8.41. The Morgan fingerprint density at radius 1 is 1.03 bits per heavy atom. The lowest BCUT2D eigenvalue weighted by molar-refractivity contribution is -0.146. The predicted octanol–water partition coefficient (Wildman–Crippen LogP) is 3.42. The van der Waals surface area contributed by atoms with Crippen molar-refractivity contribution in [3.63, 3.8) is 0 Å². The zero-order valence-corrected chi connectivity index (χ0v) is 19.8. The molecule has 1 aromatic heterocycles. The molecule has 4 rings (SSSR count). The van der Waals surface area contributed by atoms with Crippen LogP contribution in [-0.4, -0.2) is 76.4 Å². The van der Waals surface area contributed by atoms with Crippen molar-refractivity contribution >= 4 is 12.0 Å². The fraction of sp³-hybridized carbons (Fsp3) is 0.320. The number of benzene rings is 2. The average Bonchev–Trinajstić information content (AvgIpc) is 3.33. The predicted molar refractivity (Wildman–Crippen MR) is 127 cm³/mol. The van der Waals surface area contributed by atoms with Crippen LogP contribution < -0.4 is 9.47 Å². The zero-order valence-electron chi connectivity index (χ0n) is 19.8. The van der Waals surface area contributed by atoms with Gasteiger partial charge in [-0.05, 0) is 55.3 Å². The number of carbonyl (C=O) groups excluding carboxylic acids is 1. The number of urea groups is 1. The Hall–Kier alpha value is -4.05. The molecule has 1 aliphatic heterocycles. The lowest BCUT2D eigenvalue weighted by atomic mass is 9.75. The first kappa shape index (κ1) is 24.1. The summed E-state index contributed by atoms with van der Waals surface area (Å²) in [4.78, 5) is 26.2. The van der Waals surface area contributed by atoms with Gasteiger partial charge in [0, 0.05) is 25.7 Å². The largest absolute Gasteiger partial charge is 0.497 e. The number of rotatable bonds is 6. The standard InChI is InChI=1S/C25H28N4O6/c1-27(33)24(32)28-14-12-25(13-15-28,23(30)31)22-16-20(17-8-10-18(34-2)11-9-17)29(26-22)19-6-4-5-7-21(19)35-3/h4-11,16,33H,12-15H2,1-3H3,(H,30,31). The van der Waals surface area contributed by atoms with Crippen LogP contribution in [0, 0.1) is 0 Å². The molecule has 2 amide bonds. The van der Waals surface area contributed by atoms with Crippen molar-refractivity contribution in [2.24, 2.45) is 0 Å². The van der Waals surface area contributed by atoms with Crippen molar-refractivity contribution in [1.82, 2.24) is 19.7 Å². The van der Waals surface area contributed by atoms with Gasteiger partial charge in [0.2, 0.25) is 0 Å². The van der Waals surface area contributed by atoms with E-state index in [2.05, 4.69) is 0 Å². The number of likely N-dealkylation sites (tertiary alicyclic amines) is 1. The molecule has 1 aliphatic rings. The van der Waals surface area contributed by atoms with Gasteiger partial charge in [-0.1, -0.05) is 12.1 Å². The molecule has 3 aromatic rings.